The van der Waals surface area contributed by atoms with Crippen molar-refractivity contribution in [3.8, 4) is 11.3 Å². The Labute approximate surface area is 178 Å². The van der Waals surface area contributed by atoms with E-state index in [1.807, 2.05) is 12.1 Å². The summed E-state index contributed by atoms with van der Waals surface area (Å²) in [5.41, 5.74) is 2.78. The third-order valence-corrected chi connectivity index (χ3v) is 5.71. The molecule has 3 N–H and O–H groups in total. The average molecular weight is 420 g/mol. The van der Waals surface area contributed by atoms with Crippen molar-refractivity contribution in [3.63, 3.8) is 0 Å². The minimum atomic E-state index is -0.993. The van der Waals surface area contributed by atoms with E-state index in [-0.39, 0.29) is 17.0 Å². The van der Waals surface area contributed by atoms with Gasteiger partial charge in [0, 0.05) is 17.3 Å². The van der Waals surface area contributed by atoms with Gasteiger partial charge < -0.3 is 20.2 Å². The van der Waals surface area contributed by atoms with Gasteiger partial charge in [-0.15, -0.1) is 0 Å². The summed E-state index contributed by atoms with van der Waals surface area (Å²) >= 11 is 1.38. The number of hydrogen-bond acceptors (Lipinski definition) is 5. The standard InChI is InChI=1S/C23H20N2O4S/c1-2-14-6-8-17(9-7-14)24-23-25-21(26)20(30-23)13-18-10-11-19(29-18)15-4-3-5-16(12-15)22(27)28/h3-13,23-24H,2H2,1H3,(H,25,26)(H,27,28)/b20-13+/t23-/m1/s1. The van der Waals surface area contributed by atoms with Crippen LogP contribution in [0.5, 0.6) is 0 Å². The van der Waals surface area contributed by atoms with Crippen molar-refractivity contribution in [3.05, 3.63) is 82.5 Å². The van der Waals surface area contributed by atoms with E-state index in [0.717, 1.165) is 12.1 Å². The van der Waals surface area contributed by atoms with Gasteiger partial charge in [-0.1, -0.05) is 43.0 Å². The van der Waals surface area contributed by atoms with Crippen LogP contribution >= 0.6 is 11.8 Å². The van der Waals surface area contributed by atoms with Gasteiger partial charge >= 0.3 is 5.97 Å². The molecular weight excluding hydrogens is 400 g/mol. The van der Waals surface area contributed by atoms with E-state index in [4.69, 9.17) is 9.52 Å². The maximum Gasteiger partial charge on any atom is 0.335 e. The molecule has 0 spiro atoms. The van der Waals surface area contributed by atoms with Crippen LogP contribution in [-0.4, -0.2) is 22.5 Å². The Balaban J connectivity index is 1.46. The fourth-order valence-corrected chi connectivity index (χ4v) is 4.04. The second-order valence-electron chi connectivity index (χ2n) is 6.76. The second kappa shape index (κ2) is 8.51. The van der Waals surface area contributed by atoms with Crippen LogP contribution in [-0.2, 0) is 11.2 Å². The van der Waals surface area contributed by atoms with Crippen molar-refractivity contribution < 1.29 is 19.1 Å². The molecule has 3 aromatic rings. The maximum absolute atomic E-state index is 12.3. The number of aryl methyl sites for hydroxylation is 1. The van der Waals surface area contributed by atoms with Crippen molar-refractivity contribution in [1.82, 2.24) is 5.32 Å². The molecule has 0 unspecified atom stereocenters. The van der Waals surface area contributed by atoms with Crippen LogP contribution in [0.1, 0.15) is 28.6 Å². The van der Waals surface area contributed by atoms with E-state index in [1.54, 1.807) is 36.4 Å². The summed E-state index contributed by atoms with van der Waals surface area (Å²) in [5.74, 6) is -0.100. The Kier molecular flexibility index (Phi) is 5.63. The van der Waals surface area contributed by atoms with Gasteiger partial charge in [0.15, 0.2) is 5.50 Å². The van der Waals surface area contributed by atoms with Crippen LogP contribution in [0.3, 0.4) is 0 Å². The van der Waals surface area contributed by atoms with Crippen molar-refractivity contribution in [1.29, 1.82) is 0 Å². The molecule has 2 aromatic carbocycles. The number of hydrogen-bond donors (Lipinski definition) is 3. The number of thioether (sulfide) groups is 1. The fraction of sp³-hybridized carbons (Fsp3) is 0.130. The third-order valence-electron chi connectivity index (χ3n) is 4.68. The first-order valence-corrected chi connectivity index (χ1v) is 10.4. The van der Waals surface area contributed by atoms with E-state index in [0.29, 0.717) is 22.0 Å². The zero-order valence-corrected chi connectivity index (χ0v) is 17.0. The SMILES string of the molecule is CCc1ccc(N[C@@H]2NC(=O)/C(=C\c3ccc(-c4cccc(C(=O)O)c4)o3)S2)cc1. The Morgan fingerprint density at radius 3 is 2.73 bits per heavy atom. The number of furan rings is 1. The van der Waals surface area contributed by atoms with E-state index < -0.39 is 5.97 Å². The summed E-state index contributed by atoms with van der Waals surface area (Å²) in [7, 11) is 0. The molecule has 30 heavy (non-hydrogen) atoms. The number of carboxylic acid groups (broad SMARTS) is 1. The lowest BCUT2D eigenvalue weighted by molar-refractivity contribution is -0.116. The Bertz CT molecular complexity index is 1120. The minimum absolute atomic E-state index is 0.173. The van der Waals surface area contributed by atoms with Gasteiger partial charge in [0.2, 0.25) is 0 Å². The summed E-state index contributed by atoms with van der Waals surface area (Å²) in [6.07, 6.45) is 2.67. The summed E-state index contributed by atoms with van der Waals surface area (Å²) < 4.78 is 5.81. The highest BCUT2D eigenvalue weighted by atomic mass is 32.2. The van der Waals surface area contributed by atoms with E-state index >= 15 is 0 Å². The first-order valence-electron chi connectivity index (χ1n) is 9.50. The van der Waals surface area contributed by atoms with Crippen molar-refractivity contribution in [2.24, 2.45) is 0 Å². The Morgan fingerprint density at radius 2 is 2.00 bits per heavy atom. The van der Waals surface area contributed by atoms with Gasteiger partial charge in [0.25, 0.3) is 5.91 Å². The predicted molar refractivity (Wildman–Crippen MR) is 118 cm³/mol. The molecule has 1 aromatic heterocycles. The summed E-state index contributed by atoms with van der Waals surface area (Å²) in [6, 6.07) is 18.2. The Hall–Kier alpha value is -3.45. The molecule has 1 atom stereocenters. The highest BCUT2D eigenvalue weighted by molar-refractivity contribution is 8.05. The fourth-order valence-electron chi connectivity index (χ4n) is 3.07. The number of anilines is 1. The van der Waals surface area contributed by atoms with E-state index in [9.17, 15) is 9.59 Å². The lowest BCUT2D eigenvalue weighted by atomic mass is 10.1. The van der Waals surface area contributed by atoms with E-state index in [2.05, 4.69) is 29.7 Å². The van der Waals surface area contributed by atoms with Crippen LogP contribution in [0.4, 0.5) is 5.69 Å². The molecule has 1 amide bonds. The molecule has 0 aliphatic carbocycles. The zero-order valence-electron chi connectivity index (χ0n) is 16.2. The van der Waals surface area contributed by atoms with Gasteiger partial charge in [0.05, 0.1) is 10.5 Å². The lowest BCUT2D eigenvalue weighted by Gasteiger charge is -2.12. The number of benzene rings is 2. The molecule has 2 heterocycles. The van der Waals surface area contributed by atoms with Crippen LogP contribution < -0.4 is 10.6 Å². The van der Waals surface area contributed by atoms with Crippen LogP contribution in [0.2, 0.25) is 0 Å². The molecule has 0 radical (unpaired) electrons. The van der Waals surface area contributed by atoms with Gasteiger partial charge in [0.1, 0.15) is 11.5 Å². The Morgan fingerprint density at radius 1 is 1.20 bits per heavy atom. The number of rotatable bonds is 6. The maximum atomic E-state index is 12.3. The molecule has 0 saturated carbocycles. The number of carbonyl (C=O) groups excluding carboxylic acids is 1. The summed E-state index contributed by atoms with van der Waals surface area (Å²) in [6.45, 7) is 2.11. The van der Waals surface area contributed by atoms with Gasteiger partial charge in [-0.3, -0.25) is 4.79 Å². The van der Waals surface area contributed by atoms with Crippen molar-refractivity contribution >= 4 is 35.4 Å². The quantitative estimate of drug-likeness (QED) is 0.496. The van der Waals surface area contributed by atoms with Crippen LogP contribution in [0, 0.1) is 0 Å². The molecule has 1 aliphatic rings. The monoisotopic (exact) mass is 420 g/mol. The number of carbonyl (C=O) groups is 2. The van der Waals surface area contributed by atoms with Crippen LogP contribution in [0.15, 0.2) is 70.0 Å². The molecule has 1 fully saturated rings. The highest BCUT2D eigenvalue weighted by Gasteiger charge is 2.27. The number of aromatic carboxylic acids is 1. The molecule has 0 bridgehead atoms. The normalized spacial score (nSPS) is 17.2. The lowest BCUT2D eigenvalue weighted by Crippen LogP contribution is -2.30. The zero-order chi connectivity index (χ0) is 21.1. The average Bonchev–Trinajstić information content (AvgIpc) is 3.35. The molecule has 1 saturated heterocycles. The second-order valence-corrected chi connectivity index (χ2v) is 7.91. The number of amides is 1. The topological polar surface area (TPSA) is 91.6 Å². The minimum Gasteiger partial charge on any atom is -0.478 e. The number of nitrogens with one attached hydrogen (secondary N) is 2. The summed E-state index contributed by atoms with van der Waals surface area (Å²) in [4.78, 5) is 24.0. The van der Waals surface area contributed by atoms with Crippen LogP contribution in [0.25, 0.3) is 17.4 Å². The van der Waals surface area contributed by atoms with Gasteiger partial charge in [-0.2, -0.15) is 0 Å². The molecule has 4 rings (SSSR count). The molecule has 7 heteroatoms. The first kappa shape index (κ1) is 19.8. The first-order chi connectivity index (χ1) is 14.5. The van der Waals surface area contributed by atoms with Crippen molar-refractivity contribution in [2.45, 2.75) is 18.8 Å². The number of carboxylic acids is 1. The smallest absolute Gasteiger partial charge is 0.335 e. The highest BCUT2D eigenvalue weighted by Crippen LogP contribution is 2.32. The van der Waals surface area contributed by atoms with Gasteiger partial charge in [-0.05, 0) is 48.4 Å². The largest absolute Gasteiger partial charge is 0.478 e. The molecule has 1 aliphatic heterocycles. The van der Waals surface area contributed by atoms with Gasteiger partial charge in [-0.25, -0.2) is 4.79 Å². The third kappa shape index (κ3) is 4.41. The van der Waals surface area contributed by atoms with E-state index in [1.165, 1.54) is 23.4 Å². The predicted octanol–water partition coefficient (Wildman–Crippen LogP) is 4.81. The molecule has 152 valence electrons. The molecular formula is C23H20N2O4S. The summed E-state index contributed by atoms with van der Waals surface area (Å²) in [5, 5.41) is 15.3. The van der Waals surface area contributed by atoms with Crippen molar-refractivity contribution in [2.75, 3.05) is 5.32 Å². The molecule has 6 nitrogen and oxygen atoms in total.